The Morgan fingerprint density at radius 3 is 2.77 bits per heavy atom. The third kappa shape index (κ3) is 3.44. The van der Waals surface area contributed by atoms with Crippen LogP contribution >= 0.6 is 11.6 Å². The Kier molecular flexibility index (Phi) is 4.88. The number of ether oxygens (including phenoxy) is 1. The van der Waals surface area contributed by atoms with Gasteiger partial charge in [-0.3, -0.25) is 4.90 Å². The number of nitrogens with two attached hydrogens (primary N) is 1. The summed E-state index contributed by atoms with van der Waals surface area (Å²) in [7, 11) is 0. The van der Waals surface area contributed by atoms with Gasteiger partial charge in [0.05, 0.1) is 12.2 Å². The van der Waals surface area contributed by atoms with E-state index in [9.17, 15) is 4.79 Å². The highest BCUT2D eigenvalue weighted by molar-refractivity contribution is 6.31. The third-order valence-electron chi connectivity index (χ3n) is 5.74. The molecule has 5 heteroatoms. The van der Waals surface area contributed by atoms with Crippen molar-refractivity contribution in [3.63, 3.8) is 0 Å². The summed E-state index contributed by atoms with van der Waals surface area (Å²) >= 11 is 5.89. The third-order valence-corrected chi connectivity index (χ3v) is 5.97. The maximum absolute atomic E-state index is 12.4. The minimum atomic E-state index is -0.361. The zero-order valence-corrected chi connectivity index (χ0v) is 15.4. The van der Waals surface area contributed by atoms with E-state index in [0.717, 1.165) is 13.1 Å². The Balaban J connectivity index is 1.37. The quantitative estimate of drug-likeness (QED) is 0.638. The van der Waals surface area contributed by atoms with Crippen molar-refractivity contribution < 1.29 is 9.53 Å². The number of fused-ring (bicyclic) bond motifs is 2. The van der Waals surface area contributed by atoms with Crippen LogP contribution in [0.25, 0.3) is 0 Å². The zero-order chi connectivity index (χ0) is 18.1. The van der Waals surface area contributed by atoms with Gasteiger partial charge in [-0.15, -0.1) is 0 Å². The van der Waals surface area contributed by atoms with Gasteiger partial charge in [0.2, 0.25) is 0 Å². The Bertz CT molecular complexity index is 796. The summed E-state index contributed by atoms with van der Waals surface area (Å²) in [6, 6.07) is 15.9. The second-order valence-electron chi connectivity index (χ2n) is 7.31. The van der Waals surface area contributed by atoms with E-state index in [1.165, 1.54) is 18.4 Å². The predicted octanol–water partition coefficient (Wildman–Crippen LogP) is 3.99. The average Bonchev–Trinajstić information content (AvgIpc) is 3.17. The van der Waals surface area contributed by atoms with Crippen molar-refractivity contribution in [1.82, 2.24) is 4.90 Å². The summed E-state index contributed by atoms with van der Waals surface area (Å²) in [4.78, 5) is 14.9. The molecule has 4 nitrogen and oxygen atoms in total. The lowest BCUT2D eigenvalue weighted by Crippen LogP contribution is -2.33. The van der Waals surface area contributed by atoms with Crippen LogP contribution < -0.4 is 5.73 Å². The highest BCUT2D eigenvalue weighted by atomic mass is 35.5. The van der Waals surface area contributed by atoms with Gasteiger partial charge < -0.3 is 10.5 Å². The average molecular weight is 371 g/mol. The normalized spacial score (nSPS) is 24.7. The van der Waals surface area contributed by atoms with Gasteiger partial charge in [0, 0.05) is 35.8 Å². The largest absolute Gasteiger partial charge is 0.462 e. The summed E-state index contributed by atoms with van der Waals surface area (Å²) in [5, 5.41) is 0.518. The molecule has 2 N–H and O–H groups in total. The molecule has 1 saturated carbocycles. The number of nitrogens with zero attached hydrogens (tertiary/aromatic N) is 1. The molecule has 136 valence electrons. The van der Waals surface area contributed by atoms with Gasteiger partial charge in [0.15, 0.2) is 0 Å². The van der Waals surface area contributed by atoms with Gasteiger partial charge in [-0.05, 0) is 42.5 Å². The summed E-state index contributed by atoms with van der Waals surface area (Å²) in [6.07, 6.45) is 2.41. The fourth-order valence-electron chi connectivity index (χ4n) is 4.46. The number of esters is 1. The number of benzene rings is 2. The molecule has 2 aromatic rings. The standard InChI is InChI=1S/C21H23ClN2O2/c22-16-7-8-17(19(23)10-16)21(25)26-13-18-15-6-9-20(18)24(12-15)11-14-4-2-1-3-5-14/h1-5,7-8,10,15,18,20H,6,9,11-13,23H2. The molecule has 2 bridgehead atoms. The minimum absolute atomic E-state index is 0.361. The van der Waals surface area contributed by atoms with Crippen LogP contribution in [-0.4, -0.2) is 30.1 Å². The van der Waals surface area contributed by atoms with E-state index in [2.05, 4.69) is 29.2 Å². The van der Waals surface area contributed by atoms with Gasteiger partial charge in [0.25, 0.3) is 0 Å². The number of anilines is 1. The van der Waals surface area contributed by atoms with Crippen LogP contribution in [0, 0.1) is 11.8 Å². The van der Waals surface area contributed by atoms with Crippen molar-refractivity contribution >= 4 is 23.3 Å². The molecular formula is C21H23ClN2O2. The first kappa shape index (κ1) is 17.4. The molecule has 3 unspecified atom stereocenters. The van der Waals surface area contributed by atoms with Gasteiger partial charge in [-0.2, -0.15) is 0 Å². The van der Waals surface area contributed by atoms with Crippen molar-refractivity contribution in [3.8, 4) is 0 Å². The lowest BCUT2D eigenvalue weighted by atomic mass is 9.99. The lowest BCUT2D eigenvalue weighted by Gasteiger charge is -2.27. The number of likely N-dealkylation sites (tertiary alicyclic amines) is 1. The molecule has 0 aromatic heterocycles. The van der Waals surface area contributed by atoms with Crippen LogP contribution in [-0.2, 0) is 11.3 Å². The summed E-state index contributed by atoms with van der Waals surface area (Å²) in [5.74, 6) is 0.662. The molecule has 1 aliphatic heterocycles. The number of carbonyl (C=O) groups is 1. The van der Waals surface area contributed by atoms with Gasteiger partial charge in [-0.1, -0.05) is 41.9 Å². The lowest BCUT2D eigenvalue weighted by molar-refractivity contribution is 0.0410. The molecule has 2 fully saturated rings. The second-order valence-corrected chi connectivity index (χ2v) is 7.75. The fraction of sp³-hybridized carbons (Fsp3) is 0.381. The van der Waals surface area contributed by atoms with E-state index in [1.54, 1.807) is 18.2 Å². The summed E-state index contributed by atoms with van der Waals surface area (Å²) in [5.41, 5.74) is 7.98. The number of rotatable bonds is 5. The van der Waals surface area contributed by atoms with E-state index in [0.29, 0.717) is 40.8 Å². The van der Waals surface area contributed by atoms with Crippen LogP contribution in [0.3, 0.4) is 0 Å². The molecule has 1 saturated heterocycles. The van der Waals surface area contributed by atoms with E-state index in [-0.39, 0.29) is 5.97 Å². The van der Waals surface area contributed by atoms with E-state index < -0.39 is 0 Å². The Labute approximate surface area is 158 Å². The summed E-state index contributed by atoms with van der Waals surface area (Å²) < 4.78 is 5.62. The number of hydrogen-bond acceptors (Lipinski definition) is 4. The van der Waals surface area contributed by atoms with Crippen molar-refractivity contribution in [3.05, 3.63) is 64.7 Å². The molecule has 0 spiro atoms. The van der Waals surface area contributed by atoms with Crippen LogP contribution in [0.1, 0.15) is 28.8 Å². The number of hydrogen-bond donors (Lipinski definition) is 1. The van der Waals surface area contributed by atoms with Crippen LogP contribution in [0.5, 0.6) is 0 Å². The first-order chi connectivity index (χ1) is 12.6. The monoisotopic (exact) mass is 370 g/mol. The second kappa shape index (κ2) is 7.29. The molecule has 2 aliphatic rings. The maximum Gasteiger partial charge on any atom is 0.340 e. The van der Waals surface area contributed by atoms with Crippen LogP contribution in [0.4, 0.5) is 5.69 Å². The number of carbonyl (C=O) groups excluding carboxylic acids is 1. The molecule has 26 heavy (non-hydrogen) atoms. The van der Waals surface area contributed by atoms with Gasteiger partial charge in [0.1, 0.15) is 0 Å². The number of piperidine rings is 1. The maximum atomic E-state index is 12.4. The molecule has 4 rings (SSSR count). The predicted molar refractivity (Wildman–Crippen MR) is 103 cm³/mol. The van der Waals surface area contributed by atoms with Crippen LogP contribution in [0.2, 0.25) is 5.02 Å². The SMILES string of the molecule is Nc1cc(Cl)ccc1C(=O)OCC1C2CCC1N(Cc1ccccc1)C2. The Morgan fingerprint density at radius 1 is 1.19 bits per heavy atom. The minimum Gasteiger partial charge on any atom is -0.462 e. The molecule has 1 aliphatic carbocycles. The van der Waals surface area contributed by atoms with E-state index >= 15 is 0 Å². The summed E-state index contributed by atoms with van der Waals surface area (Å²) in [6.45, 7) is 2.52. The molecule has 1 heterocycles. The molecule has 3 atom stereocenters. The molecular weight excluding hydrogens is 348 g/mol. The van der Waals surface area contributed by atoms with Crippen molar-refractivity contribution in [2.45, 2.75) is 25.4 Å². The van der Waals surface area contributed by atoms with Gasteiger partial charge >= 0.3 is 5.97 Å². The van der Waals surface area contributed by atoms with Crippen molar-refractivity contribution in [1.29, 1.82) is 0 Å². The Morgan fingerprint density at radius 2 is 2.00 bits per heavy atom. The fourth-order valence-corrected chi connectivity index (χ4v) is 4.64. The smallest absolute Gasteiger partial charge is 0.340 e. The first-order valence-corrected chi connectivity index (χ1v) is 9.50. The highest BCUT2D eigenvalue weighted by Gasteiger charge is 2.47. The molecule has 0 radical (unpaired) electrons. The first-order valence-electron chi connectivity index (χ1n) is 9.12. The highest BCUT2D eigenvalue weighted by Crippen LogP contribution is 2.43. The van der Waals surface area contributed by atoms with Crippen molar-refractivity contribution in [2.24, 2.45) is 11.8 Å². The van der Waals surface area contributed by atoms with Crippen molar-refractivity contribution in [2.75, 3.05) is 18.9 Å². The molecule has 2 aromatic carbocycles. The van der Waals surface area contributed by atoms with E-state index in [4.69, 9.17) is 22.1 Å². The zero-order valence-electron chi connectivity index (χ0n) is 14.6. The Hall–Kier alpha value is -2.04. The molecule has 0 amide bonds. The van der Waals surface area contributed by atoms with E-state index in [1.807, 2.05) is 6.07 Å². The van der Waals surface area contributed by atoms with Crippen LogP contribution in [0.15, 0.2) is 48.5 Å². The topological polar surface area (TPSA) is 55.6 Å². The number of halogens is 1. The number of nitrogen functional groups attached to an aromatic ring is 1. The van der Waals surface area contributed by atoms with Gasteiger partial charge in [-0.25, -0.2) is 4.79 Å².